The molecule has 16 heavy (non-hydrogen) atoms. The molecule has 1 aliphatic carbocycles. The van der Waals surface area contributed by atoms with Gasteiger partial charge < -0.3 is 5.73 Å². The first-order valence-electron chi connectivity index (χ1n) is 4.42. The van der Waals surface area contributed by atoms with Gasteiger partial charge in [0.05, 0.1) is 11.7 Å². The lowest BCUT2D eigenvalue weighted by molar-refractivity contribution is -0.150. The van der Waals surface area contributed by atoms with Gasteiger partial charge in [0.15, 0.2) is 0 Å². The first-order chi connectivity index (χ1) is 7.14. The van der Waals surface area contributed by atoms with Crippen molar-refractivity contribution in [2.45, 2.75) is 30.5 Å². The Labute approximate surface area is 86.8 Å². The molecule has 3 nitrogen and oxygen atoms in total. The van der Waals surface area contributed by atoms with E-state index in [1.165, 1.54) is 0 Å². The zero-order chi connectivity index (χ0) is 12.2. The minimum atomic E-state index is -4.66. The Morgan fingerprint density at radius 1 is 1.31 bits per heavy atom. The van der Waals surface area contributed by atoms with Crippen LogP contribution in [0.25, 0.3) is 0 Å². The van der Waals surface area contributed by atoms with E-state index in [9.17, 15) is 22.0 Å². The van der Waals surface area contributed by atoms with Gasteiger partial charge in [-0.1, -0.05) is 0 Å². The summed E-state index contributed by atoms with van der Waals surface area (Å²) in [7, 11) is 0. The van der Waals surface area contributed by atoms with Crippen LogP contribution >= 0.6 is 0 Å². The highest BCUT2D eigenvalue weighted by atomic mass is 19.4. The Kier molecular flexibility index (Phi) is 2.07. The van der Waals surface area contributed by atoms with Crippen LogP contribution in [0.5, 0.6) is 0 Å². The van der Waals surface area contributed by atoms with Crippen molar-refractivity contribution in [3.8, 4) is 0 Å². The monoisotopic (exact) mass is 241 g/mol. The molecule has 0 atom stereocenters. The molecule has 1 fully saturated rings. The molecule has 0 amide bonds. The summed E-state index contributed by atoms with van der Waals surface area (Å²) >= 11 is 0. The van der Waals surface area contributed by atoms with Crippen LogP contribution in [0.15, 0.2) is 6.20 Å². The maximum absolute atomic E-state index is 12.7. The van der Waals surface area contributed by atoms with Crippen molar-refractivity contribution in [3.63, 3.8) is 0 Å². The van der Waals surface area contributed by atoms with Crippen LogP contribution in [0.1, 0.15) is 24.1 Å². The normalized spacial score (nSPS) is 22.9. The highest BCUT2D eigenvalue weighted by Crippen LogP contribution is 2.51. The smallest absolute Gasteiger partial charge is 0.321 e. The molecule has 1 saturated carbocycles. The predicted molar refractivity (Wildman–Crippen MR) is 43.6 cm³/mol. The van der Waals surface area contributed by atoms with Gasteiger partial charge in [0, 0.05) is 18.4 Å². The van der Waals surface area contributed by atoms with Crippen LogP contribution in [0.3, 0.4) is 0 Å². The second-order valence-electron chi connectivity index (χ2n) is 4.02. The van der Waals surface area contributed by atoms with Crippen molar-refractivity contribution in [2.75, 3.05) is 0 Å². The van der Waals surface area contributed by atoms with Gasteiger partial charge in [-0.25, -0.2) is 8.78 Å². The molecule has 90 valence electrons. The predicted octanol–water partition coefficient (Wildman–Crippen LogP) is 2.01. The lowest BCUT2D eigenvalue weighted by Crippen LogP contribution is -2.56. The first-order valence-corrected chi connectivity index (χ1v) is 4.42. The van der Waals surface area contributed by atoms with E-state index in [0.29, 0.717) is 0 Å². The van der Waals surface area contributed by atoms with E-state index < -0.39 is 41.7 Å². The molecule has 0 unspecified atom stereocenters. The summed E-state index contributed by atoms with van der Waals surface area (Å²) in [5.74, 6) is -2.99. The van der Waals surface area contributed by atoms with Crippen molar-refractivity contribution in [1.29, 1.82) is 0 Å². The Bertz CT molecular complexity index is 400. The average molecular weight is 241 g/mol. The number of nitrogens with one attached hydrogen (secondary N) is 1. The zero-order valence-electron chi connectivity index (χ0n) is 7.91. The van der Waals surface area contributed by atoms with Crippen molar-refractivity contribution in [1.82, 2.24) is 10.2 Å². The molecule has 1 aliphatic rings. The van der Waals surface area contributed by atoms with Gasteiger partial charge in [-0.2, -0.15) is 18.3 Å². The Hall–Kier alpha value is -1.18. The van der Waals surface area contributed by atoms with E-state index in [2.05, 4.69) is 5.10 Å². The molecule has 0 aromatic carbocycles. The SMILES string of the molecule is NC1(c2cn[nH]c2C(F)(F)F)CC(F)(F)C1. The van der Waals surface area contributed by atoms with Crippen LogP contribution in [0.2, 0.25) is 0 Å². The molecule has 1 heterocycles. The number of aromatic amines is 1. The van der Waals surface area contributed by atoms with E-state index >= 15 is 0 Å². The number of aromatic nitrogens is 2. The molecular weight excluding hydrogens is 233 g/mol. The van der Waals surface area contributed by atoms with Gasteiger partial charge in [-0.3, -0.25) is 5.10 Å². The van der Waals surface area contributed by atoms with Crippen LogP contribution in [0, 0.1) is 0 Å². The lowest BCUT2D eigenvalue weighted by Gasteiger charge is -2.44. The van der Waals surface area contributed by atoms with Crippen molar-refractivity contribution >= 4 is 0 Å². The summed E-state index contributed by atoms with van der Waals surface area (Å²) in [6, 6.07) is 0. The van der Waals surface area contributed by atoms with Gasteiger partial charge in [-0.15, -0.1) is 0 Å². The minimum Gasteiger partial charge on any atom is -0.321 e. The van der Waals surface area contributed by atoms with Gasteiger partial charge in [0.2, 0.25) is 0 Å². The lowest BCUT2D eigenvalue weighted by atomic mass is 9.70. The Morgan fingerprint density at radius 2 is 1.88 bits per heavy atom. The quantitative estimate of drug-likeness (QED) is 0.739. The maximum Gasteiger partial charge on any atom is 0.433 e. The molecule has 0 bridgehead atoms. The summed E-state index contributed by atoms with van der Waals surface area (Å²) in [4.78, 5) is 0. The third-order valence-electron chi connectivity index (χ3n) is 2.61. The fourth-order valence-electron chi connectivity index (χ4n) is 1.94. The molecule has 8 heteroatoms. The molecule has 1 aromatic rings. The Morgan fingerprint density at radius 3 is 2.31 bits per heavy atom. The fourth-order valence-corrected chi connectivity index (χ4v) is 1.94. The second kappa shape index (κ2) is 2.93. The van der Waals surface area contributed by atoms with Crippen LogP contribution in [0.4, 0.5) is 22.0 Å². The minimum absolute atomic E-state index is 0.397. The maximum atomic E-state index is 12.7. The molecule has 0 radical (unpaired) electrons. The van der Waals surface area contributed by atoms with Crippen molar-refractivity contribution in [3.05, 3.63) is 17.5 Å². The van der Waals surface area contributed by atoms with Gasteiger partial charge in [0.25, 0.3) is 5.92 Å². The molecule has 0 aliphatic heterocycles. The summed E-state index contributed by atoms with van der Waals surface area (Å²) in [6.07, 6.45) is -5.38. The molecular formula is C8H8F5N3. The van der Waals surface area contributed by atoms with E-state index in [1.54, 1.807) is 5.10 Å². The van der Waals surface area contributed by atoms with Crippen LogP contribution < -0.4 is 5.73 Å². The van der Waals surface area contributed by atoms with Gasteiger partial charge in [-0.05, 0) is 0 Å². The Balaban J connectivity index is 2.33. The first kappa shape index (κ1) is 11.3. The summed E-state index contributed by atoms with van der Waals surface area (Å²) in [5.41, 5.74) is 2.32. The molecule has 2 rings (SSSR count). The van der Waals surface area contributed by atoms with Crippen LogP contribution in [-0.2, 0) is 11.7 Å². The fraction of sp³-hybridized carbons (Fsp3) is 0.625. The molecule has 0 saturated heterocycles. The van der Waals surface area contributed by atoms with E-state index in [-0.39, 0.29) is 0 Å². The third kappa shape index (κ3) is 1.66. The molecule has 0 spiro atoms. The van der Waals surface area contributed by atoms with Gasteiger partial charge in [0.1, 0.15) is 5.69 Å². The molecule has 3 N–H and O–H groups in total. The summed E-state index contributed by atoms with van der Waals surface area (Å²) in [5, 5.41) is 4.96. The standard InChI is InChI=1S/C8H8F5N3/c9-7(10)2-6(14,3-7)4-1-15-16-5(4)8(11,12)13/h1H,2-3,14H2,(H,15,16). The van der Waals surface area contributed by atoms with Crippen LogP contribution in [-0.4, -0.2) is 16.1 Å². The highest BCUT2D eigenvalue weighted by molar-refractivity contribution is 5.32. The summed E-state index contributed by atoms with van der Waals surface area (Å²) < 4.78 is 62.7. The number of hydrogen-bond acceptors (Lipinski definition) is 2. The number of alkyl halides is 5. The highest BCUT2D eigenvalue weighted by Gasteiger charge is 2.58. The number of nitrogens with zero attached hydrogens (tertiary/aromatic N) is 1. The van der Waals surface area contributed by atoms with Crippen molar-refractivity contribution < 1.29 is 22.0 Å². The molecule has 1 aromatic heterocycles. The number of rotatable bonds is 1. The van der Waals surface area contributed by atoms with Gasteiger partial charge >= 0.3 is 6.18 Å². The van der Waals surface area contributed by atoms with E-state index in [4.69, 9.17) is 5.73 Å². The number of hydrogen-bond donors (Lipinski definition) is 2. The second-order valence-corrected chi connectivity index (χ2v) is 4.02. The zero-order valence-corrected chi connectivity index (χ0v) is 7.91. The number of nitrogens with two attached hydrogens (primary N) is 1. The number of H-pyrrole nitrogens is 1. The van der Waals surface area contributed by atoms with Crippen molar-refractivity contribution in [2.24, 2.45) is 5.73 Å². The largest absolute Gasteiger partial charge is 0.433 e. The average Bonchev–Trinajstić information content (AvgIpc) is 2.45. The number of halogens is 5. The third-order valence-corrected chi connectivity index (χ3v) is 2.61. The van der Waals surface area contributed by atoms with E-state index in [0.717, 1.165) is 6.20 Å². The summed E-state index contributed by atoms with van der Waals surface area (Å²) in [6.45, 7) is 0. The van der Waals surface area contributed by atoms with E-state index in [1.807, 2.05) is 0 Å². The topological polar surface area (TPSA) is 54.7 Å².